The molecule has 6 nitrogen and oxygen atoms in total. The molecule has 2 heterocycles. The highest BCUT2D eigenvalue weighted by atomic mass is 15.4. The van der Waals surface area contributed by atoms with Crippen LogP contribution in [0.25, 0.3) is 0 Å². The van der Waals surface area contributed by atoms with E-state index in [0.29, 0.717) is 5.95 Å². The van der Waals surface area contributed by atoms with Crippen molar-refractivity contribution in [2.24, 2.45) is 0 Å². The van der Waals surface area contributed by atoms with Crippen LogP contribution in [0.5, 0.6) is 0 Å². The predicted molar refractivity (Wildman–Crippen MR) is 63.3 cm³/mol. The van der Waals surface area contributed by atoms with Crippen molar-refractivity contribution in [3.05, 3.63) is 5.82 Å². The van der Waals surface area contributed by atoms with Gasteiger partial charge in [-0.2, -0.15) is 0 Å². The maximum absolute atomic E-state index is 5.90. The Morgan fingerprint density at radius 3 is 2.56 bits per heavy atom. The zero-order valence-corrected chi connectivity index (χ0v) is 9.74. The second-order valence-corrected chi connectivity index (χ2v) is 4.53. The normalized spacial score (nSPS) is 19.8. The van der Waals surface area contributed by atoms with Gasteiger partial charge in [0, 0.05) is 5.41 Å². The SMILES string of the molecule is CCCC1(c2nnc(N)n2N)CCNCC1. The average Bonchev–Trinajstić information content (AvgIpc) is 2.62. The summed E-state index contributed by atoms with van der Waals surface area (Å²) in [5, 5.41) is 11.4. The highest BCUT2D eigenvalue weighted by Crippen LogP contribution is 2.36. The van der Waals surface area contributed by atoms with E-state index in [1.165, 1.54) is 4.68 Å². The molecule has 0 aromatic carbocycles. The largest absolute Gasteiger partial charge is 0.366 e. The number of anilines is 1. The van der Waals surface area contributed by atoms with Crippen molar-refractivity contribution in [1.29, 1.82) is 0 Å². The molecule has 6 heteroatoms. The fourth-order valence-corrected chi connectivity index (χ4v) is 2.63. The van der Waals surface area contributed by atoms with Gasteiger partial charge in [0.15, 0.2) is 5.82 Å². The summed E-state index contributed by atoms with van der Waals surface area (Å²) in [6.45, 7) is 4.20. The number of piperidine rings is 1. The second-order valence-electron chi connectivity index (χ2n) is 4.53. The first kappa shape index (κ1) is 11.2. The molecule has 0 radical (unpaired) electrons. The Morgan fingerprint density at radius 1 is 1.38 bits per heavy atom. The van der Waals surface area contributed by atoms with Crippen molar-refractivity contribution in [3.63, 3.8) is 0 Å². The molecular weight excluding hydrogens is 204 g/mol. The van der Waals surface area contributed by atoms with Crippen LogP contribution in [0.3, 0.4) is 0 Å². The molecule has 1 aromatic rings. The van der Waals surface area contributed by atoms with E-state index in [2.05, 4.69) is 22.4 Å². The molecule has 1 fully saturated rings. The Labute approximate surface area is 95.4 Å². The second kappa shape index (κ2) is 4.29. The third kappa shape index (κ3) is 1.73. The Morgan fingerprint density at radius 2 is 2.06 bits per heavy atom. The summed E-state index contributed by atoms with van der Waals surface area (Å²) in [6, 6.07) is 0. The Kier molecular flexibility index (Phi) is 3.00. The van der Waals surface area contributed by atoms with Gasteiger partial charge in [-0.3, -0.25) is 0 Å². The van der Waals surface area contributed by atoms with E-state index >= 15 is 0 Å². The van der Waals surface area contributed by atoms with E-state index in [9.17, 15) is 0 Å². The number of hydrogen-bond acceptors (Lipinski definition) is 5. The average molecular weight is 224 g/mol. The summed E-state index contributed by atoms with van der Waals surface area (Å²) >= 11 is 0. The predicted octanol–water partition coefficient (Wildman–Crippen LogP) is -0.00460. The first-order chi connectivity index (χ1) is 7.69. The molecular formula is C10H20N6. The number of nitrogens with zero attached hydrogens (tertiary/aromatic N) is 3. The third-order valence-electron chi connectivity index (χ3n) is 3.49. The van der Waals surface area contributed by atoms with Gasteiger partial charge in [0.05, 0.1) is 0 Å². The molecule has 1 saturated heterocycles. The Balaban J connectivity index is 2.34. The molecule has 0 aliphatic carbocycles. The molecule has 0 spiro atoms. The minimum Gasteiger partial charge on any atom is -0.366 e. The maximum Gasteiger partial charge on any atom is 0.240 e. The van der Waals surface area contributed by atoms with Crippen LogP contribution in [-0.4, -0.2) is 28.0 Å². The lowest BCUT2D eigenvalue weighted by Crippen LogP contribution is -2.42. The Bertz CT molecular complexity index is 347. The van der Waals surface area contributed by atoms with E-state index in [1.807, 2.05) is 0 Å². The van der Waals surface area contributed by atoms with Crippen LogP contribution < -0.4 is 16.9 Å². The minimum absolute atomic E-state index is 0.0549. The smallest absolute Gasteiger partial charge is 0.240 e. The summed E-state index contributed by atoms with van der Waals surface area (Å²) < 4.78 is 1.45. The molecule has 5 N–H and O–H groups in total. The van der Waals surface area contributed by atoms with Gasteiger partial charge in [-0.25, -0.2) is 4.68 Å². The minimum atomic E-state index is 0.0549. The van der Waals surface area contributed by atoms with Gasteiger partial charge in [0.25, 0.3) is 0 Å². The first-order valence-electron chi connectivity index (χ1n) is 5.87. The van der Waals surface area contributed by atoms with E-state index in [4.69, 9.17) is 11.6 Å². The van der Waals surface area contributed by atoms with Gasteiger partial charge >= 0.3 is 0 Å². The van der Waals surface area contributed by atoms with Crippen molar-refractivity contribution >= 4 is 5.95 Å². The molecule has 1 aliphatic rings. The van der Waals surface area contributed by atoms with E-state index in [-0.39, 0.29) is 5.41 Å². The highest BCUT2D eigenvalue weighted by molar-refractivity contribution is 5.23. The van der Waals surface area contributed by atoms with Crippen molar-refractivity contribution in [1.82, 2.24) is 20.2 Å². The summed E-state index contributed by atoms with van der Waals surface area (Å²) in [6.07, 6.45) is 4.31. The summed E-state index contributed by atoms with van der Waals surface area (Å²) in [7, 11) is 0. The molecule has 1 aliphatic heterocycles. The van der Waals surface area contributed by atoms with E-state index in [1.54, 1.807) is 0 Å². The number of nitrogen functional groups attached to an aromatic ring is 2. The van der Waals surface area contributed by atoms with Crippen molar-refractivity contribution in [3.8, 4) is 0 Å². The van der Waals surface area contributed by atoms with Crippen LogP contribution in [0.2, 0.25) is 0 Å². The van der Waals surface area contributed by atoms with Crippen LogP contribution >= 0.6 is 0 Å². The van der Waals surface area contributed by atoms with Gasteiger partial charge in [-0.1, -0.05) is 13.3 Å². The molecule has 0 saturated carbocycles. The maximum atomic E-state index is 5.90. The topological polar surface area (TPSA) is 94.8 Å². The molecule has 16 heavy (non-hydrogen) atoms. The van der Waals surface area contributed by atoms with Gasteiger partial charge in [-0.15, -0.1) is 10.2 Å². The molecule has 0 amide bonds. The summed E-state index contributed by atoms with van der Waals surface area (Å²) in [5.74, 6) is 7.03. The van der Waals surface area contributed by atoms with Crippen LogP contribution in [0.1, 0.15) is 38.4 Å². The van der Waals surface area contributed by atoms with Gasteiger partial charge in [0.2, 0.25) is 5.95 Å². The lowest BCUT2D eigenvalue weighted by molar-refractivity contribution is 0.266. The number of nitrogens with two attached hydrogens (primary N) is 2. The lowest BCUT2D eigenvalue weighted by atomic mass is 9.74. The number of nitrogens with one attached hydrogen (secondary N) is 1. The van der Waals surface area contributed by atoms with Crippen LogP contribution in [-0.2, 0) is 5.41 Å². The van der Waals surface area contributed by atoms with Crippen LogP contribution in [0.15, 0.2) is 0 Å². The number of aromatic nitrogens is 3. The van der Waals surface area contributed by atoms with Crippen LogP contribution in [0, 0.1) is 0 Å². The van der Waals surface area contributed by atoms with Crippen molar-refractivity contribution in [2.45, 2.75) is 38.0 Å². The lowest BCUT2D eigenvalue weighted by Gasteiger charge is -2.36. The molecule has 1 aromatic heterocycles. The van der Waals surface area contributed by atoms with Crippen molar-refractivity contribution in [2.75, 3.05) is 24.7 Å². The van der Waals surface area contributed by atoms with Gasteiger partial charge in [0.1, 0.15) is 0 Å². The number of hydrogen-bond donors (Lipinski definition) is 3. The van der Waals surface area contributed by atoms with E-state index in [0.717, 1.165) is 44.6 Å². The quantitative estimate of drug-likeness (QED) is 0.628. The fraction of sp³-hybridized carbons (Fsp3) is 0.800. The Hall–Kier alpha value is -1.30. The molecule has 90 valence electrons. The standard InChI is InChI=1S/C10H20N6/c1-2-3-10(4-6-13-7-5-10)8-14-15-9(11)16(8)12/h13H,2-7,12H2,1H3,(H2,11,15). The third-order valence-corrected chi connectivity index (χ3v) is 3.49. The first-order valence-corrected chi connectivity index (χ1v) is 5.87. The number of rotatable bonds is 3. The summed E-state index contributed by atoms with van der Waals surface area (Å²) in [5.41, 5.74) is 5.71. The van der Waals surface area contributed by atoms with E-state index < -0.39 is 0 Å². The molecule has 0 atom stereocenters. The molecule has 0 unspecified atom stereocenters. The monoisotopic (exact) mass is 224 g/mol. The summed E-state index contributed by atoms with van der Waals surface area (Å²) in [4.78, 5) is 0. The zero-order chi connectivity index (χ0) is 11.6. The zero-order valence-electron chi connectivity index (χ0n) is 9.74. The van der Waals surface area contributed by atoms with Gasteiger partial charge in [-0.05, 0) is 32.4 Å². The molecule has 0 bridgehead atoms. The van der Waals surface area contributed by atoms with Crippen molar-refractivity contribution < 1.29 is 0 Å². The van der Waals surface area contributed by atoms with Crippen LogP contribution in [0.4, 0.5) is 5.95 Å². The van der Waals surface area contributed by atoms with Gasteiger partial charge < -0.3 is 16.9 Å². The highest BCUT2D eigenvalue weighted by Gasteiger charge is 2.37. The molecule has 2 rings (SSSR count). The fourth-order valence-electron chi connectivity index (χ4n) is 2.63.